The quantitative estimate of drug-likeness (QED) is 0.671. The number of rotatable bonds is 4. The van der Waals surface area contributed by atoms with Gasteiger partial charge >= 0.3 is 0 Å². The zero-order chi connectivity index (χ0) is 18.8. The van der Waals surface area contributed by atoms with Crippen molar-refractivity contribution in [1.82, 2.24) is 20.3 Å². The van der Waals surface area contributed by atoms with E-state index in [0.29, 0.717) is 22.2 Å². The number of aromatic nitrogens is 3. The highest BCUT2D eigenvalue weighted by molar-refractivity contribution is 6.30. The van der Waals surface area contributed by atoms with Gasteiger partial charge in [-0.1, -0.05) is 28.9 Å². The predicted molar refractivity (Wildman–Crippen MR) is 103 cm³/mol. The van der Waals surface area contributed by atoms with E-state index in [0.717, 1.165) is 30.8 Å². The summed E-state index contributed by atoms with van der Waals surface area (Å²) in [4.78, 5) is 4.53. The normalized spacial score (nSPS) is 13.8. The van der Waals surface area contributed by atoms with E-state index in [-0.39, 0.29) is 10.9 Å². The summed E-state index contributed by atoms with van der Waals surface area (Å²) >= 11 is 6.03. The molecule has 0 unspecified atom stereocenters. The van der Waals surface area contributed by atoms with Crippen molar-refractivity contribution in [3.05, 3.63) is 64.5 Å². The molecule has 3 aromatic rings. The Balaban J connectivity index is 1.85. The SMILES string of the molecule is [O-]N(O)c1ccc(-n2nnc(C3=NCCCN3)c2-c2ccc(Cl)cc2)cc1. The Morgan fingerprint density at radius 2 is 1.85 bits per heavy atom. The second kappa shape index (κ2) is 7.36. The molecule has 1 aliphatic heterocycles. The van der Waals surface area contributed by atoms with Crippen LogP contribution < -0.4 is 10.5 Å². The van der Waals surface area contributed by atoms with E-state index in [1.165, 1.54) is 12.1 Å². The molecule has 0 bridgehead atoms. The number of nitrogens with one attached hydrogen (secondary N) is 1. The van der Waals surface area contributed by atoms with E-state index < -0.39 is 0 Å². The van der Waals surface area contributed by atoms with Crippen molar-refractivity contribution < 1.29 is 5.21 Å². The van der Waals surface area contributed by atoms with Crippen LogP contribution in [0.1, 0.15) is 12.1 Å². The van der Waals surface area contributed by atoms with Crippen LogP contribution in [0, 0.1) is 5.21 Å². The number of benzene rings is 2. The third-order valence-corrected chi connectivity index (χ3v) is 4.48. The number of amidine groups is 1. The summed E-state index contributed by atoms with van der Waals surface area (Å²) in [5.41, 5.74) is 3.11. The average molecular weight is 384 g/mol. The van der Waals surface area contributed by atoms with Gasteiger partial charge in [0, 0.05) is 23.7 Å². The number of aliphatic imine (C=N–C) groups is 1. The molecular formula is C18H16ClN6O2-. The molecule has 0 radical (unpaired) electrons. The Kier molecular flexibility index (Phi) is 4.76. The first-order valence-electron chi connectivity index (χ1n) is 8.40. The molecule has 0 spiro atoms. The zero-order valence-corrected chi connectivity index (χ0v) is 15.0. The Hall–Kier alpha value is -2.94. The van der Waals surface area contributed by atoms with Crippen molar-refractivity contribution in [1.29, 1.82) is 0 Å². The van der Waals surface area contributed by atoms with Crippen molar-refractivity contribution in [3.63, 3.8) is 0 Å². The molecule has 8 nitrogen and oxygen atoms in total. The fourth-order valence-corrected chi connectivity index (χ4v) is 3.03. The highest BCUT2D eigenvalue weighted by Gasteiger charge is 2.21. The molecule has 2 N–H and O–H groups in total. The van der Waals surface area contributed by atoms with E-state index >= 15 is 0 Å². The summed E-state index contributed by atoms with van der Waals surface area (Å²) in [6, 6.07) is 13.8. The van der Waals surface area contributed by atoms with Gasteiger partial charge in [0.15, 0.2) is 11.5 Å². The molecule has 4 rings (SSSR count). The molecule has 9 heteroatoms. The summed E-state index contributed by atoms with van der Waals surface area (Å²) in [7, 11) is 0. The summed E-state index contributed by atoms with van der Waals surface area (Å²) in [5, 5.41) is 32.4. The van der Waals surface area contributed by atoms with Gasteiger partial charge < -0.3 is 15.8 Å². The molecule has 1 aromatic heterocycles. The van der Waals surface area contributed by atoms with Gasteiger partial charge in [0.2, 0.25) is 0 Å². The first-order valence-corrected chi connectivity index (χ1v) is 8.78. The van der Waals surface area contributed by atoms with E-state index in [9.17, 15) is 5.21 Å². The van der Waals surface area contributed by atoms with Gasteiger partial charge in [-0.15, -0.1) is 5.10 Å². The fourth-order valence-electron chi connectivity index (χ4n) is 2.90. The Morgan fingerprint density at radius 1 is 1.11 bits per heavy atom. The Bertz CT molecular complexity index is 967. The first-order chi connectivity index (χ1) is 13.1. The molecule has 0 aliphatic carbocycles. The molecule has 27 heavy (non-hydrogen) atoms. The third kappa shape index (κ3) is 3.50. The first kappa shape index (κ1) is 17.5. The summed E-state index contributed by atoms with van der Waals surface area (Å²) in [5.74, 6) is 0.704. The lowest BCUT2D eigenvalue weighted by atomic mass is 10.1. The number of halogens is 1. The molecule has 2 heterocycles. The lowest BCUT2D eigenvalue weighted by molar-refractivity contribution is 0.296. The molecule has 1 aliphatic rings. The van der Waals surface area contributed by atoms with E-state index in [2.05, 4.69) is 20.6 Å². The predicted octanol–water partition coefficient (Wildman–Crippen LogP) is 3.02. The van der Waals surface area contributed by atoms with Crippen LogP contribution in [-0.2, 0) is 0 Å². The van der Waals surface area contributed by atoms with Gasteiger partial charge in [0.05, 0.1) is 11.4 Å². The van der Waals surface area contributed by atoms with Crippen LogP contribution in [0.15, 0.2) is 53.5 Å². The lowest BCUT2D eigenvalue weighted by Gasteiger charge is -2.21. The largest absolute Gasteiger partial charge is 0.733 e. The van der Waals surface area contributed by atoms with Crippen molar-refractivity contribution in [2.75, 3.05) is 18.3 Å². The van der Waals surface area contributed by atoms with Crippen molar-refractivity contribution >= 4 is 23.1 Å². The van der Waals surface area contributed by atoms with Gasteiger partial charge in [-0.25, -0.2) is 4.68 Å². The standard InChI is InChI=1S/C18H16ClN6O2/c19-13-4-2-12(3-5-13)17-16(18-20-10-1-11-21-18)22-23-24(17)14-6-8-15(9-7-14)25(26)27/h2-9,26H,1,10-11H2,(H,20,21)/q-1. The maximum atomic E-state index is 11.0. The molecule has 0 atom stereocenters. The lowest BCUT2D eigenvalue weighted by Crippen LogP contribution is -2.31. The minimum absolute atomic E-state index is 0.130. The second-order valence-corrected chi connectivity index (χ2v) is 6.44. The number of hydrogen-bond donors (Lipinski definition) is 2. The van der Waals surface area contributed by atoms with E-state index in [4.69, 9.17) is 16.8 Å². The van der Waals surface area contributed by atoms with Crippen LogP contribution in [0.5, 0.6) is 0 Å². The maximum Gasteiger partial charge on any atom is 0.156 e. The summed E-state index contributed by atoms with van der Waals surface area (Å²) in [6.45, 7) is 1.57. The molecular weight excluding hydrogens is 368 g/mol. The van der Waals surface area contributed by atoms with Gasteiger partial charge in [-0.05, 0) is 42.8 Å². The zero-order valence-electron chi connectivity index (χ0n) is 14.2. The van der Waals surface area contributed by atoms with E-state index in [1.54, 1.807) is 28.9 Å². The van der Waals surface area contributed by atoms with Gasteiger partial charge in [-0.2, -0.15) is 0 Å². The van der Waals surface area contributed by atoms with Crippen molar-refractivity contribution in [2.24, 2.45) is 4.99 Å². The highest BCUT2D eigenvalue weighted by Crippen LogP contribution is 2.28. The van der Waals surface area contributed by atoms with Crippen LogP contribution in [0.2, 0.25) is 5.02 Å². The number of hydrogen-bond acceptors (Lipinski definition) is 7. The number of anilines is 1. The fraction of sp³-hybridized carbons (Fsp3) is 0.167. The monoisotopic (exact) mass is 383 g/mol. The maximum absolute atomic E-state index is 11.0. The van der Waals surface area contributed by atoms with Crippen LogP contribution in [0.25, 0.3) is 16.9 Å². The minimum atomic E-state index is -0.183. The van der Waals surface area contributed by atoms with Crippen LogP contribution >= 0.6 is 11.6 Å². The second-order valence-electron chi connectivity index (χ2n) is 6.01. The van der Waals surface area contributed by atoms with Crippen molar-refractivity contribution in [2.45, 2.75) is 6.42 Å². The average Bonchev–Trinajstić information content (AvgIpc) is 3.14. The van der Waals surface area contributed by atoms with E-state index in [1.807, 2.05) is 12.1 Å². The smallest absolute Gasteiger partial charge is 0.156 e. The molecule has 0 amide bonds. The third-order valence-electron chi connectivity index (χ3n) is 4.22. The Morgan fingerprint density at radius 3 is 2.48 bits per heavy atom. The molecule has 0 fully saturated rings. The van der Waals surface area contributed by atoms with Gasteiger partial charge in [-0.3, -0.25) is 10.2 Å². The minimum Gasteiger partial charge on any atom is -0.733 e. The highest BCUT2D eigenvalue weighted by atomic mass is 35.5. The van der Waals surface area contributed by atoms with Crippen LogP contribution in [-0.4, -0.2) is 39.1 Å². The van der Waals surface area contributed by atoms with Crippen LogP contribution in [0.3, 0.4) is 0 Å². The molecule has 0 saturated heterocycles. The summed E-state index contributed by atoms with van der Waals surface area (Å²) in [6.07, 6.45) is 0.974. The molecule has 0 saturated carbocycles. The van der Waals surface area contributed by atoms with Crippen molar-refractivity contribution in [3.8, 4) is 16.9 Å². The van der Waals surface area contributed by atoms with Crippen LogP contribution in [0.4, 0.5) is 5.69 Å². The van der Waals surface area contributed by atoms with Gasteiger partial charge in [0.25, 0.3) is 0 Å². The van der Waals surface area contributed by atoms with Gasteiger partial charge in [0.1, 0.15) is 5.69 Å². The Labute approximate surface area is 160 Å². The topological polar surface area (TPSA) is 102 Å². The molecule has 138 valence electrons. The molecule has 2 aromatic carbocycles. The summed E-state index contributed by atoms with van der Waals surface area (Å²) < 4.78 is 1.67. The number of nitrogens with zero attached hydrogens (tertiary/aromatic N) is 5.